The van der Waals surface area contributed by atoms with Gasteiger partial charge in [-0.1, -0.05) is 35.5 Å². The lowest BCUT2D eigenvalue weighted by Crippen LogP contribution is -2.23. The molecule has 0 saturated heterocycles. The van der Waals surface area contributed by atoms with E-state index < -0.39 is 0 Å². The minimum absolute atomic E-state index is 0.199. The molecule has 27 heavy (non-hydrogen) atoms. The Kier molecular flexibility index (Phi) is 4.92. The number of para-hydroxylation sites is 1. The van der Waals surface area contributed by atoms with Crippen molar-refractivity contribution in [2.75, 3.05) is 0 Å². The van der Waals surface area contributed by atoms with E-state index in [9.17, 15) is 9.18 Å². The molecule has 0 aliphatic heterocycles. The Morgan fingerprint density at radius 1 is 1.04 bits per heavy atom. The van der Waals surface area contributed by atoms with Gasteiger partial charge in [-0.2, -0.15) is 0 Å². The van der Waals surface area contributed by atoms with Crippen molar-refractivity contribution in [1.82, 2.24) is 14.5 Å². The lowest BCUT2D eigenvalue weighted by Gasteiger charge is -2.13. The molecule has 0 radical (unpaired) electrons. The van der Waals surface area contributed by atoms with Gasteiger partial charge in [-0.25, -0.2) is 14.4 Å². The van der Waals surface area contributed by atoms with Gasteiger partial charge in [0.25, 0.3) is 5.56 Å². The molecule has 0 spiro atoms. The van der Waals surface area contributed by atoms with Crippen LogP contribution in [0.15, 0.2) is 76.7 Å². The molecule has 0 saturated carbocycles. The first kappa shape index (κ1) is 17.7. The fourth-order valence-electron chi connectivity index (χ4n) is 2.74. The number of benzene rings is 2. The number of hydrogen-bond acceptors (Lipinski definition) is 4. The van der Waals surface area contributed by atoms with E-state index in [1.807, 2.05) is 6.07 Å². The van der Waals surface area contributed by atoms with E-state index in [1.54, 1.807) is 48.7 Å². The van der Waals surface area contributed by atoms with Gasteiger partial charge in [0, 0.05) is 6.20 Å². The largest absolute Gasteiger partial charge is 0.268 e. The van der Waals surface area contributed by atoms with E-state index in [0.717, 1.165) is 0 Å². The monoisotopic (exact) mass is 397 g/mol. The van der Waals surface area contributed by atoms with Gasteiger partial charge in [0.2, 0.25) is 0 Å². The van der Waals surface area contributed by atoms with Gasteiger partial charge in [-0.05, 0) is 48.5 Å². The van der Waals surface area contributed by atoms with Gasteiger partial charge < -0.3 is 0 Å². The Labute approximate surface area is 163 Å². The third kappa shape index (κ3) is 3.59. The summed E-state index contributed by atoms with van der Waals surface area (Å²) in [5, 5.41) is 1.71. The molecule has 0 aliphatic rings. The minimum atomic E-state index is -0.364. The zero-order valence-electron chi connectivity index (χ0n) is 14.0. The molecule has 7 heteroatoms. The van der Waals surface area contributed by atoms with Gasteiger partial charge >= 0.3 is 0 Å². The van der Waals surface area contributed by atoms with Gasteiger partial charge in [-0.3, -0.25) is 9.36 Å². The first-order valence-electron chi connectivity index (χ1n) is 8.13. The molecular formula is C20H13ClFN3OS. The first-order valence-corrected chi connectivity index (χ1v) is 9.50. The summed E-state index contributed by atoms with van der Waals surface area (Å²) in [7, 11) is 0. The number of nitrogens with zero attached hydrogens (tertiary/aromatic N) is 3. The lowest BCUT2D eigenvalue weighted by molar-refractivity contribution is 0.627. The van der Waals surface area contributed by atoms with Gasteiger partial charge in [-0.15, -0.1) is 0 Å². The zero-order chi connectivity index (χ0) is 18.8. The molecule has 4 rings (SSSR count). The van der Waals surface area contributed by atoms with Crippen molar-refractivity contribution in [3.05, 3.63) is 93.9 Å². The molecule has 2 heterocycles. The molecule has 0 amide bonds. The summed E-state index contributed by atoms with van der Waals surface area (Å²) in [4.78, 5) is 22.0. The summed E-state index contributed by atoms with van der Waals surface area (Å²) in [6.45, 7) is 0. The maximum atomic E-state index is 13.3. The number of fused-ring (bicyclic) bond motifs is 1. The van der Waals surface area contributed by atoms with Crippen molar-refractivity contribution in [2.24, 2.45) is 0 Å². The Morgan fingerprint density at radius 3 is 2.59 bits per heavy atom. The lowest BCUT2D eigenvalue weighted by atomic mass is 10.2. The van der Waals surface area contributed by atoms with Crippen molar-refractivity contribution in [2.45, 2.75) is 10.8 Å². The Hall–Kier alpha value is -2.70. The average molecular weight is 398 g/mol. The van der Waals surface area contributed by atoms with Crippen molar-refractivity contribution in [3.63, 3.8) is 0 Å². The number of aromatic nitrogens is 3. The number of pyridine rings is 1. The predicted molar refractivity (Wildman–Crippen MR) is 106 cm³/mol. The molecule has 0 N–H and O–H groups in total. The maximum Gasteiger partial charge on any atom is 0.265 e. The number of hydrogen-bond donors (Lipinski definition) is 0. The number of halogens is 2. The Balaban J connectivity index is 1.84. The fourth-order valence-corrected chi connectivity index (χ4v) is 3.83. The molecule has 0 fully saturated rings. The van der Waals surface area contributed by atoms with Crippen molar-refractivity contribution < 1.29 is 4.39 Å². The smallest absolute Gasteiger partial charge is 0.265 e. The van der Waals surface area contributed by atoms with E-state index in [-0.39, 0.29) is 11.4 Å². The van der Waals surface area contributed by atoms with E-state index >= 15 is 0 Å². The third-order valence-corrected chi connectivity index (χ3v) is 5.41. The second kappa shape index (κ2) is 7.50. The van der Waals surface area contributed by atoms with Crippen molar-refractivity contribution in [3.8, 4) is 5.69 Å². The fraction of sp³-hybridized carbons (Fsp3) is 0.0500. The molecule has 0 atom stereocenters. The second-order valence-corrected chi connectivity index (χ2v) is 7.11. The van der Waals surface area contributed by atoms with Crippen LogP contribution < -0.4 is 5.56 Å². The van der Waals surface area contributed by atoms with E-state index in [1.165, 1.54) is 28.5 Å². The molecule has 0 bridgehead atoms. The van der Waals surface area contributed by atoms with Gasteiger partial charge in [0.05, 0.1) is 27.4 Å². The molecule has 0 unspecified atom stereocenters. The highest BCUT2D eigenvalue weighted by Gasteiger charge is 2.14. The van der Waals surface area contributed by atoms with E-state index in [0.29, 0.717) is 38.2 Å². The summed E-state index contributed by atoms with van der Waals surface area (Å²) in [6, 6.07) is 16.5. The van der Waals surface area contributed by atoms with E-state index in [4.69, 9.17) is 11.6 Å². The molecule has 134 valence electrons. The maximum absolute atomic E-state index is 13.3. The topological polar surface area (TPSA) is 47.8 Å². The second-order valence-electron chi connectivity index (χ2n) is 5.74. The van der Waals surface area contributed by atoms with Crippen LogP contribution in [0.3, 0.4) is 0 Å². The van der Waals surface area contributed by atoms with Gasteiger partial charge in [0.15, 0.2) is 0 Å². The highest BCUT2D eigenvalue weighted by Crippen LogP contribution is 2.27. The third-order valence-electron chi connectivity index (χ3n) is 3.99. The molecule has 0 aliphatic carbocycles. The summed E-state index contributed by atoms with van der Waals surface area (Å²) in [6.07, 6.45) is 1.66. The van der Waals surface area contributed by atoms with Crippen LogP contribution in [-0.2, 0) is 5.75 Å². The standard InChI is InChI=1S/C20H13ClFN3OS/c21-16-5-3-11-23-19(16)27-12-18-24-17-6-2-1-4-15(17)20(26)25(18)14-9-7-13(22)8-10-14/h1-11H,12H2. The van der Waals surface area contributed by atoms with Crippen LogP contribution in [0.25, 0.3) is 16.6 Å². The Morgan fingerprint density at radius 2 is 1.81 bits per heavy atom. The van der Waals surface area contributed by atoms with Crippen LogP contribution in [0.2, 0.25) is 5.02 Å². The summed E-state index contributed by atoms with van der Waals surface area (Å²) in [5.41, 5.74) is 0.973. The van der Waals surface area contributed by atoms with Gasteiger partial charge in [0.1, 0.15) is 16.7 Å². The zero-order valence-corrected chi connectivity index (χ0v) is 15.5. The van der Waals surface area contributed by atoms with Crippen molar-refractivity contribution >= 4 is 34.3 Å². The molecule has 2 aromatic carbocycles. The molecule has 2 aromatic heterocycles. The van der Waals surface area contributed by atoms with E-state index in [2.05, 4.69) is 9.97 Å². The summed E-state index contributed by atoms with van der Waals surface area (Å²) < 4.78 is 14.8. The molecule has 4 aromatic rings. The Bertz CT molecular complexity index is 1180. The molecular weight excluding hydrogens is 385 g/mol. The highest BCUT2D eigenvalue weighted by atomic mass is 35.5. The SMILES string of the molecule is O=c1c2ccccc2nc(CSc2ncccc2Cl)n1-c1ccc(F)cc1. The molecule has 4 nitrogen and oxygen atoms in total. The van der Waals surface area contributed by atoms with Crippen LogP contribution in [-0.4, -0.2) is 14.5 Å². The number of thioether (sulfide) groups is 1. The van der Waals surface area contributed by atoms with Crippen LogP contribution in [0.5, 0.6) is 0 Å². The predicted octanol–water partition coefficient (Wildman–Crippen LogP) is 4.87. The summed E-state index contributed by atoms with van der Waals surface area (Å²) >= 11 is 7.57. The summed E-state index contributed by atoms with van der Waals surface area (Å²) in [5.74, 6) is 0.558. The van der Waals surface area contributed by atoms with Crippen LogP contribution in [0.1, 0.15) is 5.82 Å². The quantitative estimate of drug-likeness (QED) is 0.461. The highest BCUT2D eigenvalue weighted by molar-refractivity contribution is 7.98. The van der Waals surface area contributed by atoms with Crippen LogP contribution >= 0.6 is 23.4 Å². The number of rotatable bonds is 4. The van der Waals surface area contributed by atoms with Crippen LogP contribution in [0, 0.1) is 5.82 Å². The first-order chi connectivity index (χ1) is 13.1. The average Bonchev–Trinajstić information content (AvgIpc) is 2.69. The van der Waals surface area contributed by atoms with Crippen LogP contribution in [0.4, 0.5) is 4.39 Å². The normalized spacial score (nSPS) is 11.0. The van der Waals surface area contributed by atoms with Crippen molar-refractivity contribution in [1.29, 1.82) is 0 Å². The minimum Gasteiger partial charge on any atom is -0.268 e.